The third kappa shape index (κ3) is 6.09. The molecule has 7 heteroatoms. The predicted octanol–water partition coefficient (Wildman–Crippen LogP) is 2.44. The molecule has 0 fully saturated rings. The minimum atomic E-state index is -0.848. The lowest BCUT2D eigenvalue weighted by molar-refractivity contribution is -0.385. The summed E-state index contributed by atoms with van der Waals surface area (Å²) in [5.41, 5.74) is 5.52. The highest BCUT2D eigenvalue weighted by atomic mass is 16.6. The Labute approximate surface area is 129 Å². The molecule has 7 nitrogen and oxygen atoms in total. The van der Waals surface area contributed by atoms with Gasteiger partial charge in [-0.25, -0.2) is 0 Å². The van der Waals surface area contributed by atoms with Gasteiger partial charge < -0.3 is 15.6 Å². The maximum Gasteiger partial charge on any atom is 0.310 e. The molecule has 0 saturated heterocycles. The molecule has 1 aromatic rings. The molecule has 0 heterocycles. The molecule has 0 bridgehead atoms. The van der Waals surface area contributed by atoms with Crippen molar-refractivity contribution in [3.8, 4) is 5.75 Å². The number of hydrogen-bond donors (Lipinski definition) is 2. The molecular weight excluding hydrogens is 288 g/mol. The first-order valence-corrected chi connectivity index (χ1v) is 7.22. The number of aliphatic carboxylic acids is 1. The fourth-order valence-corrected chi connectivity index (χ4v) is 2.30. The van der Waals surface area contributed by atoms with Gasteiger partial charge in [-0.2, -0.15) is 0 Å². The number of carbonyl (C=O) groups is 1. The second-order valence-corrected chi connectivity index (χ2v) is 5.40. The van der Waals surface area contributed by atoms with Gasteiger partial charge in [-0.1, -0.05) is 19.1 Å². The van der Waals surface area contributed by atoms with Gasteiger partial charge in [0.15, 0.2) is 5.75 Å². The summed E-state index contributed by atoms with van der Waals surface area (Å²) in [6.45, 7) is 2.67. The van der Waals surface area contributed by atoms with Crippen molar-refractivity contribution in [2.45, 2.75) is 26.2 Å². The van der Waals surface area contributed by atoms with E-state index in [2.05, 4.69) is 0 Å². The van der Waals surface area contributed by atoms with E-state index in [1.807, 2.05) is 6.92 Å². The smallest absolute Gasteiger partial charge is 0.310 e. The Bertz CT molecular complexity index is 506. The number of ether oxygens (including phenoxy) is 1. The summed E-state index contributed by atoms with van der Waals surface area (Å²) in [5, 5.41) is 19.7. The number of nitro benzene ring substituents is 1. The van der Waals surface area contributed by atoms with E-state index in [0.717, 1.165) is 0 Å². The molecule has 0 radical (unpaired) electrons. The minimum absolute atomic E-state index is 0.0548. The van der Waals surface area contributed by atoms with Gasteiger partial charge in [0.05, 0.1) is 11.5 Å². The largest absolute Gasteiger partial charge is 0.487 e. The van der Waals surface area contributed by atoms with E-state index >= 15 is 0 Å². The number of nitro groups is 1. The second kappa shape index (κ2) is 8.99. The van der Waals surface area contributed by atoms with Gasteiger partial charge in [0.2, 0.25) is 0 Å². The van der Waals surface area contributed by atoms with Crippen molar-refractivity contribution in [1.82, 2.24) is 0 Å². The Morgan fingerprint density at radius 3 is 2.73 bits per heavy atom. The number of rotatable bonds is 10. The zero-order valence-corrected chi connectivity index (χ0v) is 12.6. The van der Waals surface area contributed by atoms with Crippen LogP contribution in [-0.2, 0) is 4.79 Å². The van der Waals surface area contributed by atoms with Crippen LogP contribution in [0.4, 0.5) is 5.69 Å². The number of carboxylic acids is 1. The van der Waals surface area contributed by atoms with Gasteiger partial charge in [0.25, 0.3) is 0 Å². The van der Waals surface area contributed by atoms with Gasteiger partial charge in [0, 0.05) is 12.5 Å². The molecule has 22 heavy (non-hydrogen) atoms. The lowest BCUT2D eigenvalue weighted by atomic mass is 9.91. The van der Waals surface area contributed by atoms with E-state index in [9.17, 15) is 14.9 Å². The van der Waals surface area contributed by atoms with Crippen molar-refractivity contribution < 1.29 is 19.6 Å². The van der Waals surface area contributed by atoms with E-state index in [0.29, 0.717) is 26.0 Å². The first-order chi connectivity index (χ1) is 10.4. The van der Waals surface area contributed by atoms with Crippen molar-refractivity contribution >= 4 is 11.7 Å². The third-order valence-corrected chi connectivity index (χ3v) is 3.46. The second-order valence-electron chi connectivity index (χ2n) is 5.40. The molecule has 0 aliphatic heterocycles. The number of hydrogen-bond acceptors (Lipinski definition) is 5. The average Bonchev–Trinajstić information content (AvgIpc) is 2.46. The predicted molar refractivity (Wildman–Crippen MR) is 81.8 cm³/mol. The molecule has 0 spiro atoms. The van der Waals surface area contributed by atoms with Crippen LogP contribution in [0, 0.1) is 22.0 Å². The number of para-hydroxylation sites is 2. The molecule has 0 unspecified atom stereocenters. The Kier molecular flexibility index (Phi) is 7.31. The SMILES string of the molecule is C[C@H](CCOc1ccccc1[N+](=O)[O-])C[C@H](CN)CC(=O)O. The highest BCUT2D eigenvalue weighted by Crippen LogP contribution is 2.26. The molecule has 3 N–H and O–H groups in total. The molecular formula is C15H22N2O5. The highest BCUT2D eigenvalue weighted by Gasteiger charge is 2.17. The van der Waals surface area contributed by atoms with Crippen LogP contribution in [-0.4, -0.2) is 29.2 Å². The lowest BCUT2D eigenvalue weighted by Gasteiger charge is -2.18. The summed E-state index contributed by atoms with van der Waals surface area (Å²) in [5.74, 6) is -0.423. The molecule has 0 amide bonds. The normalized spacial score (nSPS) is 13.4. The monoisotopic (exact) mass is 310 g/mol. The molecule has 0 aliphatic rings. The molecule has 1 aromatic carbocycles. The van der Waals surface area contributed by atoms with Crippen LogP contribution >= 0.6 is 0 Å². The zero-order chi connectivity index (χ0) is 16.5. The quantitative estimate of drug-likeness (QED) is 0.506. The van der Waals surface area contributed by atoms with Crippen LogP contribution < -0.4 is 10.5 Å². The summed E-state index contributed by atoms with van der Waals surface area (Å²) in [6, 6.07) is 6.24. The van der Waals surface area contributed by atoms with E-state index < -0.39 is 10.9 Å². The first kappa shape index (κ1) is 17.9. The van der Waals surface area contributed by atoms with E-state index in [1.54, 1.807) is 18.2 Å². The zero-order valence-electron chi connectivity index (χ0n) is 12.6. The number of benzene rings is 1. The minimum Gasteiger partial charge on any atom is -0.487 e. The average molecular weight is 310 g/mol. The first-order valence-electron chi connectivity index (χ1n) is 7.22. The molecule has 1 rings (SSSR count). The van der Waals surface area contributed by atoms with Crippen molar-refractivity contribution in [2.75, 3.05) is 13.2 Å². The van der Waals surface area contributed by atoms with Gasteiger partial charge in [-0.15, -0.1) is 0 Å². The molecule has 0 aromatic heterocycles. The van der Waals surface area contributed by atoms with E-state index in [-0.39, 0.29) is 29.7 Å². The van der Waals surface area contributed by atoms with Crippen LogP contribution in [0.3, 0.4) is 0 Å². The Balaban J connectivity index is 2.43. The van der Waals surface area contributed by atoms with Gasteiger partial charge in [-0.3, -0.25) is 14.9 Å². The standard InChI is InChI=1S/C15H22N2O5/c1-11(8-12(10-16)9-15(18)19)6-7-22-14-5-3-2-4-13(14)17(20)21/h2-5,11-12H,6-10,16H2,1H3,(H,18,19)/t11-,12+/m1/s1. The van der Waals surface area contributed by atoms with Crippen molar-refractivity contribution in [1.29, 1.82) is 0 Å². The number of nitrogens with two attached hydrogens (primary N) is 1. The summed E-state index contributed by atoms with van der Waals surface area (Å²) >= 11 is 0. The van der Waals surface area contributed by atoms with Gasteiger partial charge in [-0.05, 0) is 37.3 Å². The van der Waals surface area contributed by atoms with E-state index in [1.165, 1.54) is 6.07 Å². The van der Waals surface area contributed by atoms with Crippen LogP contribution in [0.15, 0.2) is 24.3 Å². The molecule has 0 aliphatic carbocycles. The highest BCUT2D eigenvalue weighted by molar-refractivity contribution is 5.67. The molecule has 122 valence electrons. The molecule has 0 saturated carbocycles. The third-order valence-electron chi connectivity index (χ3n) is 3.46. The fourth-order valence-electron chi connectivity index (χ4n) is 2.30. The fraction of sp³-hybridized carbons (Fsp3) is 0.533. The number of carboxylic acid groups (broad SMARTS) is 1. The summed E-state index contributed by atoms with van der Waals surface area (Å²) in [6.07, 6.45) is 1.44. The summed E-state index contributed by atoms with van der Waals surface area (Å²) in [4.78, 5) is 21.1. The van der Waals surface area contributed by atoms with Crippen LogP contribution in [0.1, 0.15) is 26.2 Å². The van der Waals surface area contributed by atoms with Crippen molar-refractivity contribution in [3.05, 3.63) is 34.4 Å². The van der Waals surface area contributed by atoms with Crippen LogP contribution in [0.2, 0.25) is 0 Å². The Morgan fingerprint density at radius 2 is 2.14 bits per heavy atom. The Morgan fingerprint density at radius 1 is 1.45 bits per heavy atom. The van der Waals surface area contributed by atoms with Gasteiger partial charge >= 0.3 is 11.7 Å². The van der Waals surface area contributed by atoms with E-state index in [4.69, 9.17) is 15.6 Å². The van der Waals surface area contributed by atoms with Crippen molar-refractivity contribution in [2.24, 2.45) is 17.6 Å². The lowest BCUT2D eigenvalue weighted by Crippen LogP contribution is -2.21. The number of nitrogens with zero attached hydrogens (tertiary/aromatic N) is 1. The molecule has 2 atom stereocenters. The Hall–Kier alpha value is -2.15. The topological polar surface area (TPSA) is 116 Å². The van der Waals surface area contributed by atoms with Crippen LogP contribution in [0.25, 0.3) is 0 Å². The van der Waals surface area contributed by atoms with Crippen molar-refractivity contribution in [3.63, 3.8) is 0 Å². The van der Waals surface area contributed by atoms with Crippen LogP contribution in [0.5, 0.6) is 5.75 Å². The summed E-state index contributed by atoms with van der Waals surface area (Å²) in [7, 11) is 0. The van der Waals surface area contributed by atoms with Gasteiger partial charge in [0.1, 0.15) is 0 Å². The maximum atomic E-state index is 10.9. The maximum absolute atomic E-state index is 10.9. The summed E-state index contributed by atoms with van der Waals surface area (Å²) < 4.78 is 5.48.